The number of aromatic nitrogens is 2. The molecule has 0 bridgehead atoms. The van der Waals surface area contributed by atoms with Crippen molar-refractivity contribution in [3.63, 3.8) is 0 Å². The number of rotatable bonds is 2. The smallest absolute Gasteiger partial charge is 0.337 e. The quantitative estimate of drug-likeness (QED) is 0.760. The van der Waals surface area contributed by atoms with Crippen molar-refractivity contribution in [2.24, 2.45) is 0 Å². The maximum absolute atomic E-state index is 11.0. The zero-order chi connectivity index (χ0) is 13.4. The Labute approximate surface area is 108 Å². The first-order chi connectivity index (χ1) is 9.16. The highest BCUT2D eigenvalue weighted by Crippen LogP contribution is 2.29. The van der Waals surface area contributed by atoms with E-state index in [0.717, 1.165) is 11.1 Å². The minimum absolute atomic E-state index is 0.116. The maximum atomic E-state index is 11.0. The van der Waals surface area contributed by atoms with E-state index < -0.39 is 5.97 Å². The number of hydrogen-bond donors (Lipinski definition) is 1. The summed E-state index contributed by atoms with van der Waals surface area (Å²) in [6, 6.07) is 9.24. The van der Waals surface area contributed by atoms with Crippen LogP contribution < -0.4 is 0 Å². The fourth-order valence-electron chi connectivity index (χ4n) is 1.98. The van der Waals surface area contributed by atoms with Gasteiger partial charge in [-0.05, 0) is 18.6 Å². The van der Waals surface area contributed by atoms with Crippen molar-refractivity contribution in [2.45, 2.75) is 6.92 Å². The highest BCUT2D eigenvalue weighted by molar-refractivity contribution is 5.96. The Hall–Kier alpha value is -2.69. The van der Waals surface area contributed by atoms with E-state index in [2.05, 4.69) is 10.1 Å². The average Bonchev–Trinajstić information content (AvgIpc) is 2.82. The van der Waals surface area contributed by atoms with Crippen molar-refractivity contribution in [3.05, 3.63) is 47.7 Å². The predicted molar refractivity (Wildman–Crippen MR) is 68.9 cm³/mol. The summed E-state index contributed by atoms with van der Waals surface area (Å²) in [7, 11) is 0. The second-order valence-electron chi connectivity index (χ2n) is 4.23. The molecule has 0 aliphatic carbocycles. The molecule has 0 unspecified atom stereocenters. The number of fused-ring (bicyclic) bond motifs is 1. The normalized spacial score (nSPS) is 10.8. The van der Waals surface area contributed by atoms with E-state index in [9.17, 15) is 4.79 Å². The third-order valence-corrected chi connectivity index (χ3v) is 2.98. The topological polar surface area (TPSA) is 76.2 Å². The lowest BCUT2D eigenvalue weighted by molar-refractivity contribution is 0.0696. The number of pyridine rings is 1. The van der Waals surface area contributed by atoms with Crippen molar-refractivity contribution in [3.8, 4) is 11.3 Å². The van der Waals surface area contributed by atoms with Crippen LogP contribution in [0.25, 0.3) is 22.4 Å². The first-order valence-corrected chi connectivity index (χ1v) is 5.71. The lowest BCUT2D eigenvalue weighted by atomic mass is 10.0. The van der Waals surface area contributed by atoms with Crippen LogP contribution in [0.2, 0.25) is 0 Å². The minimum Gasteiger partial charge on any atom is -0.478 e. The van der Waals surface area contributed by atoms with Crippen LogP contribution in [0.15, 0.2) is 41.1 Å². The average molecular weight is 254 g/mol. The van der Waals surface area contributed by atoms with Gasteiger partial charge in [0.2, 0.25) is 0 Å². The summed E-state index contributed by atoms with van der Waals surface area (Å²) >= 11 is 0. The summed E-state index contributed by atoms with van der Waals surface area (Å²) in [4.78, 5) is 15.0. The molecule has 3 aromatic rings. The Morgan fingerprint density at radius 3 is 2.84 bits per heavy atom. The molecule has 0 spiro atoms. The molecule has 0 radical (unpaired) electrons. The summed E-state index contributed by atoms with van der Waals surface area (Å²) in [6.45, 7) is 1.96. The lowest BCUT2D eigenvalue weighted by Crippen LogP contribution is -1.96. The molecule has 1 N–H and O–H groups in total. The largest absolute Gasteiger partial charge is 0.478 e. The van der Waals surface area contributed by atoms with E-state index in [0.29, 0.717) is 16.8 Å². The highest BCUT2D eigenvalue weighted by atomic mass is 16.5. The number of carboxylic acids is 1. The second kappa shape index (κ2) is 4.20. The standard InChI is InChI=1S/C14H10N2O3/c1-8-4-2-3-5-10(8)12-11-6-9(14(17)18)7-15-13(11)19-16-12/h2-7H,1H3,(H,17,18). The van der Waals surface area contributed by atoms with Gasteiger partial charge >= 0.3 is 5.97 Å². The van der Waals surface area contributed by atoms with Crippen LogP contribution in [-0.2, 0) is 0 Å². The van der Waals surface area contributed by atoms with Crippen LogP contribution in [-0.4, -0.2) is 21.2 Å². The van der Waals surface area contributed by atoms with Gasteiger partial charge in [0.15, 0.2) is 0 Å². The summed E-state index contributed by atoms with van der Waals surface area (Å²) in [6.07, 6.45) is 1.26. The van der Waals surface area contributed by atoms with Gasteiger partial charge in [0.25, 0.3) is 5.71 Å². The molecule has 2 heterocycles. The Bertz CT molecular complexity index is 777. The van der Waals surface area contributed by atoms with E-state index >= 15 is 0 Å². The first-order valence-electron chi connectivity index (χ1n) is 5.71. The third kappa shape index (κ3) is 1.85. The Kier molecular flexibility index (Phi) is 2.52. The van der Waals surface area contributed by atoms with E-state index in [1.165, 1.54) is 12.3 Å². The van der Waals surface area contributed by atoms with Crippen LogP contribution >= 0.6 is 0 Å². The van der Waals surface area contributed by atoms with E-state index in [1.54, 1.807) is 0 Å². The van der Waals surface area contributed by atoms with Crippen LogP contribution in [0.1, 0.15) is 15.9 Å². The Balaban J connectivity index is 2.27. The third-order valence-electron chi connectivity index (χ3n) is 2.98. The Morgan fingerprint density at radius 2 is 2.11 bits per heavy atom. The zero-order valence-electron chi connectivity index (χ0n) is 10.1. The number of hydrogen-bond acceptors (Lipinski definition) is 4. The molecule has 5 nitrogen and oxygen atoms in total. The molecule has 0 atom stereocenters. The zero-order valence-corrected chi connectivity index (χ0v) is 10.1. The van der Waals surface area contributed by atoms with E-state index in [1.807, 2.05) is 31.2 Å². The molecule has 0 aliphatic heterocycles. The van der Waals surface area contributed by atoms with Gasteiger partial charge < -0.3 is 9.63 Å². The van der Waals surface area contributed by atoms with Gasteiger partial charge in [-0.2, -0.15) is 0 Å². The molecule has 0 saturated carbocycles. The highest BCUT2D eigenvalue weighted by Gasteiger charge is 2.15. The number of carboxylic acid groups (broad SMARTS) is 1. The number of carbonyl (C=O) groups is 1. The molecule has 19 heavy (non-hydrogen) atoms. The van der Waals surface area contributed by atoms with Crippen molar-refractivity contribution >= 4 is 17.1 Å². The van der Waals surface area contributed by atoms with Crippen molar-refractivity contribution in [1.82, 2.24) is 10.1 Å². The molecule has 5 heteroatoms. The molecule has 2 aromatic heterocycles. The van der Waals surface area contributed by atoms with E-state index in [-0.39, 0.29) is 5.56 Å². The molecule has 0 fully saturated rings. The van der Waals surface area contributed by atoms with Gasteiger partial charge in [-0.3, -0.25) is 0 Å². The predicted octanol–water partition coefficient (Wildman–Crippen LogP) is 2.90. The molecule has 3 rings (SSSR count). The van der Waals surface area contributed by atoms with Crippen molar-refractivity contribution in [1.29, 1.82) is 0 Å². The second-order valence-corrected chi connectivity index (χ2v) is 4.23. The van der Waals surface area contributed by atoms with Crippen molar-refractivity contribution in [2.75, 3.05) is 0 Å². The maximum Gasteiger partial charge on any atom is 0.337 e. The number of aromatic carboxylic acids is 1. The van der Waals surface area contributed by atoms with Gasteiger partial charge in [0.05, 0.1) is 10.9 Å². The summed E-state index contributed by atoms with van der Waals surface area (Å²) in [5.41, 5.74) is 3.02. The van der Waals surface area contributed by atoms with Crippen molar-refractivity contribution < 1.29 is 14.4 Å². The van der Waals surface area contributed by atoms with Crippen LogP contribution in [0.5, 0.6) is 0 Å². The molecular weight excluding hydrogens is 244 g/mol. The van der Waals surface area contributed by atoms with Gasteiger partial charge in [-0.15, -0.1) is 0 Å². The summed E-state index contributed by atoms with van der Waals surface area (Å²) < 4.78 is 5.14. The summed E-state index contributed by atoms with van der Waals surface area (Å²) in [5, 5.41) is 13.6. The molecule has 1 aromatic carbocycles. The minimum atomic E-state index is -1.02. The van der Waals surface area contributed by atoms with Crippen LogP contribution in [0, 0.1) is 6.92 Å². The number of aryl methyl sites for hydroxylation is 1. The van der Waals surface area contributed by atoms with E-state index in [4.69, 9.17) is 9.63 Å². The Morgan fingerprint density at radius 1 is 1.32 bits per heavy atom. The SMILES string of the molecule is Cc1ccccc1-c1noc2ncc(C(=O)O)cc12. The molecule has 0 amide bonds. The van der Waals surface area contributed by atoms with Gasteiger partial charge in [0.1, 0.15) is 5.69 Å². The molecule has 94 valence electrons. The first kappa shape index (κ1) is 11.4. The monoisotopic (exact) mass is 254 g/mol. The van der Waals surface area contributed by atoms with Crippen LogP contribution in [0.4, 0.5) is 0 Å². The summed E-state index contributed by atoms with van der Waals surface area (Å²) in [5.74, 6) is -1.02. The van der Waals surface area contributed by atoms with Gasteiger partial charge in [0, 0.05) is 11.8 Å². The molecular formula is C14H10N2O3. The fraction of sp³-hybridized carbons (Fsp3) is 0.0714. The van der Waals surface area contributed by atoms with Gasteiger partial charge in [-0.1, -0.05) is 29.4 Å². The lowest BCUT2D eigenvalue weighted by Gasteiger charge is -2.01. The number of nitrogens with zero attached hydrogens (tertiary/aromatic N) is 2. The fourth-order valence-corrected chi connectivity index (χ4v) is 1.98. The van der Waals surface area contributed by atoms with Crippen LogP contribution in [0.3, 0.4) is 0 Å². The van der Waals surface area contributed by atoms with Gasteiger partial charge in [-0.25, -0.2) is 9.78 Å². The number of benzene rings is 1. The molecule has 0 saturated heterocycles. The molecule has 0 aliphatic rings.